The maximum absolute atomic E-state index is 14.8. The van der Waals surface area contributed by atoms with E-state index in [1.807, 2.05) is 32.2 Å². The first-order valence-electron chi connectivity index (χ1n) is 13.6. The number of hydrogen-bond donors (Lipinski definition) is 2. The second-order valence-corrected chi connectivity index (χ2v) is 13.7. The van der Waals surface area contributed by atoms with Gasteiger partial charge >= 0.3 is 0 Å². The van der Waals surface area contributed by atoms with Gasteiger partial charge in [0.25, 0.3) is 5.91 Å². The number of nitriles is 1. The number of hydrogen-bond acceptors (Lipinski definition) is 5. The summed E-state index contributed by atoms with van der Waals surface area (Å²) in [5.41, 5.74) is 4.52. The van der Waals surface area contributed by atoms with E-state index >= 15 is 0 Å². The van der Waals surface area contributed by atoms with Crippen molar-refractivity contribution in [3.8, 4) is 28.5 Å². The molecule has 9 nitrogen and oxygen atoms in total. The number of aromatic nitrogens is 3. The van der Waals surface area contributed by atoms with Crippen molar-refractivity contribution in [2.24, 2.45) is 7.05 Å². The number of halogens is 3. The maximum atomic E-state index is 14.8. The summed E-state index contributed by atoms with van der Waals surface area (Å²) in [6.45, 7) is 2.20. The molecule has 0 bridgehead atoms. The van der Waals surface area contributed by atoms with E-state index in [4.69, 9.17) is 33.6 Å². The first-order chi connectivity index (χ1) is 20.3. The van der Waals surface area contributed by atoms with Gasteiger partial charge in [-0.1, -0.05) is 23.2 Å². The zero-order chi connectivity index (χ0) is 30.8. The lowest BCUT2D eigenvalue weighted by molar-refractivity contribution is 0.0673. The van der Waals surface area contributed by atoms with Gasteiger partial charge in [-0.05, 0) is 68.1 Å². The van der Waals surface area contributed by atoms with Crippen LogP contribution < -0.4 is 4.72 Å². The molecule has 1 aliphatic carbocycles. The molecular weight excluding hydrogens is 614 g/mol. The number of rotatable bonds is 6. The normalized spacial score (nSPS) is 17.4. The molecule has 4 aromatic rings. The molecule has 6 rings (SSSR count). The summed E-state index contributed by atoms with van der Waals surface area (Å²) in [5, 5.41) is 14.5. The molecular formula is C30H27Cl2FN6O3S. The fraction of sp³-hybridized carbons (Fsp3) is 0.300. The second-order valence-electron chi connectivity index (χ2n) is 11.2. The number of fused-ring (bicyclic) bond motifs is 1. The number of aromatic amines is 1. The van der Waals surface area contributed by atoms with Gasteiger partial charge in [0.15, 0.2) is 0 Å². The van der Waals surface area contributed by atoms with Crippen LogP contribution in [0.15, 0.2) is 42.6 Å². The van der Waals surface area contributed by atoms with Crippen molar-refractivity contribution in [2.75, 3.05) is 12.8 Å². The van der Waals surface area contributed by atoms with E-state index in [-0.39, 0.29) is 16.3 Å². The molecule has 13 heteroatoms. The average Bonchev–Trinajstić information content (AvgIpc) is 3.39. The quantitative estimate of drug-likeness (QED) is 0.280. The Hall–Kier alpha value is -3.69. The summed E-state index contributed by atoms with van der Waals surface area (Å²) < 4.78 is 43.4. The van der Waals surface area contributed by atoms with Crippen LogP contribution in [0.2, 0.25) is 10.0 Å². The van der Waals surface area contributed by atoms with Gasteiger partial charge in [0.05, 0.1) is 39.8 Å². The lowest BCUT2D eigenvalue weighted by atomic mass is 9.93. The van der Waals surface area contributed by atoms with Crippen molar-refractivity contribution in [3.63, 3.8) is 0 Å². The molecule has 1 atom stereocenters. The molecule has 222 valence electrons. The topological polar surface area (TPSA) is 124 Å². The molecule has 1 saturated carbocycles. The summed E-state index contributed by atoms with van der Waals surface area (Å²) in [6, 6.07) is 11.0. The van der Waals surface area contributed by atoms with Crippen LogP contribution >= 0.6 is 23.2 Å². The van der Waals surface area contributed by atoms with Crippen molar-refractivity contribution < 1.29 is 17.6 Å². The Balaban J connectivity index is 1.34. The SMILES string of the molecule is C[C@H]1c2nn(C)c(-c3cc(Cl)cc(C4(NS(C)(=O)=O)CC4)c3)c2CCN1C(=O)c1cc(F)cc(-c2c[nH]c(C#N)c2)c1Cl. The third-order valence-corrected chi connectivity index (χ3v) is 9.53. The van der Waals surface area contributed by atoms with Gasteiger partial charge in [0.2, 0.25) is 10.0 Å². The van der Waals surface area contributed by atoms with Crippen LogP contribution in [0.25, 0.3) is 22.4 Å². The Bertz CT molecular complexity index is 1960. The second kappa shape index (κ2) is 10.5. The standard InChI is InChI=1S/C30H27Cl2FN6O3S/c1-16-27-23(28(38(2)36-27)17-8-19(11-20(31)9-17)30(5-6-30)37-43(3,41)42)4-7-39(16)29(40)25-13-21(33)12-24(26(25)32)18-10-22(14-34)35-15-18/h8-13,15-16,35,37H,4-7H2,1-3H3/t16-/m0/s1. The molecule has 0 saturated heterocycles. The van der Waals surface area contributed by atoms with Crippen LogP contribution in [0.4, 0.5) is 4.39 Å². The maximum Gasteiger partial charge on any atom is 0.256 e. The zero-order valence-electron chi connectivity index (χ0n) is 23.5. The molecule has 2 aliphatic rings. The van der Waals surface area contributed by atoms with E-state index < -0.39 is 33.3 Å². The number of carbonyl (C=O) groups excluding carboxylic acids is 1. The van der Waals surface area contributed by atoms with Crippen LogP contribution in [0.1, 0.15) is 58.7 Å². The number of benzene rings is 2. The number of amides is 1. The highest BCUT2D eigenvalue weighted by molar-refractivity contribution is 7.88. The lowest BCUT2D eigenvalue weighted by Gasteiger charge is -2.33. The van der Waals surface area contributed by atoms with Gasteiger partial charge in [0.1, 0.15) is 17.6 Å². The minimum atomic E-state index is -3.43. The number of aryl methyl sites for hydroxylation is 1. The number of H-pyrrole nitrogens is 1. The Morgan fingerprint density at radius 2 is 1.93 bits per heavy atom. The Kier molecular flexibility index (Phi) is 7.17. The molecule has 43 heavy (non-hydrogen) atoms. The van der Waals surface area contributed by atoms with E-state index in [0.29, 0.717) is 47.7 Å². The summed E-state index contributed by atoms with van der Waals surface area (Å²) in [7, 11) is -1.62. The zero-order valence-corrected chi connectivity index (χ0v) is 25.8. The molecule has 1 amide bonds. The third-order valence-electron chi connectivity index (χ3n) is 8.14. The third kappa shape index (κ3) is 5.33. The molecule has 2 aromatic heterocycles. The molecule has 3 heterocycles. The predicted octanol–water partition coefficient (Wildman–Crippen LogP) is 5.70. The monoisotopic (exact) mass is 640 g/mol. The van der Waals surface area contributed by atoms with E-state index in [0.717, 1.165) is 34.7 Å². The molecule has 2 aromatic carbocycles. The van der Waals surface area contributed by atoms with E-state index in [9.17, 15) is 17.6 Å². The Morgan fingerprint density at radius 3 is 2.58 bits per heavy atom. The summed E-state index contributed by atoms with van der Waals surface area (Å²) in [5.74, 6) is -1.05. The van der Waals surface area contributed by atoms with Gasteiger partial charge in [-0.2, -0.15) is 10.4 Å². The summed E-state index contributed by atoms with van der Waals surface area (Å²) in [6.07, 6.45) is 4.51. The van der Waals surface area contributed by atoms with Crippen LogP contribution in [0, 0.1) is 17.1 Å². The molecule has 2 N–H and O–H groups in total. The number of nitrogens with one attached hydrogen (secondary N) is 2. The fourth-order valence-electron chi connectivity index (χ4n) is 6.04. The van der Waals surface area contributed by atoms with E-state index in [1.165, 1.54) is 6.07 Å². The highest BCUT2D eigenvalue weighted by Gasteiger charge is 2.47. The molecule has 0 radical (unpaired) electrons. The Labute approximate surface area is 258 Å². The van der Waals surface area contributed by atoms with Crippen molar-refractivity contribution >= 4 is 39.1 Å². The van der Waals surface area contributed by atoms with E-state index in [1.54, 1.807) is 27.9 Å². The van der Waals surface area contributed by atoms with E-state index in [2.05, 4.69) is 9.71 Å². The summed E-state index contributed by atoms with van der Waals surface area (Å²) >= 11 is 13.2. The van der Waals surface area contributed by atoms with Crippen molar-refractivity contribution in [1.82, 2.24) is 24.4 Å². The highest BCUT2D eigenvalue weighted by atomic mass is 35.5. The van der Waals surface area contributed by atoms with Gasteiger partial charge in [-0.15, -0.1) is 0 Å². The molecule has 0 unspecified atom stereocenters. The first-order valence-corrected chi connectivity index (χ1v) is 16.2. The summed E-state index contributed by atoms with van der Waals surface area (Å²) in [4.78, 5) is 18.2. The van der Waals surface area contributed by atoms with Crippen LogP contribution in [0.3, 0.4) is 0 Å². The number of carbonyl (C=O) groups is 1. The minimum Gasteiger partial charge on any atom is -0.352 e. The van der Waals surface area contributed by atoms with Crippen LogP contribution in [0.5, 0.6) is 0 Å². The number of sulfonamides is 1. The van der Waals surface area contributed by atoms with Crippen molar-refractivity contribution in [2.45, 2.75) is 37.8 Å². The average molecular weight is 642 g/mol. The largest absolute Gasteiger partial charge is 0.352 e. The van der Waals surface area contributed by atoms with Gasteiger partial charge in [-0.3, -0.25) is 9.48 Å². The first kappa shape index (κ1) is 29.4. The molecule has 1 aliphatic heterocycles. The smallest absolute Gasteiger partial charge is 0.256 e. The van der Waals surface area contributed by atoms with Gasteiger partial charge < -0.3 is 9.88 Å². The molecule has 0 spiro atoms. The van der Waals surface area contributed by atoms with Gasteiger partial charge in [-0.25, -0.2) is 17.5 Å². The molecule has 1 fully saturated rings. The van der Waals surface area contributed by atoms with Crippen molar-refractivity contribution in [1.29, 1.82) is 5.26 Å². The highest BCUT2D eigenvalue weighted by Crippen LogP contribution is 2.48. The van der Waals surface area contributed by atoms with Crippen molar-refractivity contribution in [3.05, 3.63) is 86.5 Å². The van der Waals surface area contributed by atoms with Gasteiger partial charge in [0, 0.05) is 47.1 Å². The minimum absolute atomic E-state index is 0.0235. The Morgan fingerprint density at radius 1 is 1.19 bits per heavy atom. The lowest BCUT2D eigenvalue weighted by Crippen LogP contribution is -2.39. The predicted molar refractivity (Wildman–Crippen MR) is 162 cm³/mol. The fourth-order valence-corrected chi connectivity index (χ4v) is 7.60. The van der Waals surface area contributed by atoms with Crippen LogP contribution in [-0.4, -0.2) is 46.8 Å². The van der Waals surface area contributed by atoms with Crippen LogP contribution in [-0.2, 0) is 29.0 Å². The number of nitrogens with zero attached hydrogens (tertiary/aromatic N) is 4.